The lowest BCUT2D eigenvalue weighted by atomic mass is 9.96. The first-order chi connectivity index (χ1) is 12.2. The van der Waals surface area contributed by atoms with Crippen LogP contribution in [0.4, 0.5) is 5.69 Å². The number of hydrogen-bond acceptors (Lipinski definition) is 5. The molecule has 3 heterocycles. The molecule has 25 heavy (non-hydrogen) atoms. The molecule has 2 amide bonds. The molecule has 0 aromatic carbocycles. The van der Waals surface area contributed by atoms with Crippen LogP contribution in [0.15, 0.2) is 47.3 Å². The van der Waals surface area contributed by atoms with E-state index in [1.54, 1.807) is 18.3 Å². The third-order valence-corrected chi connectivity index (χ3v) is 4.39. The molecule has 0 spiro atoms. The second-order valence-electron chi connectivity index (χ2n) is 6.11. The van der Waals surface area contributed by atoms with Crippen LogP contribution in [0.5, 0.6) is 0 Å². The Kier molecular flexibility index (Phi) is 5.66. The van der Waals surface area contributed by atoms with Gasteiger partial charge in [0.25, 0.3) is 0 Å². The molecule has 0 atom stereocenters. The molecule has 132 valence electrons. The normalized spacial score (nSPS) is 15.0. The molecular formula is C18H22N4O3. The molecule has 1 aliphatic rings. The number of carbonyl (C=O) groups excluding carboxylic acids is 2. The third-order valence-electron chi connectivity index (χ3n) is 4.39. The molecule has 0 aliphatic carbocycles. The van der Waals surface area contributed by atoms with E-state index in [1.165, 1.54) is 6.26 Å². The van der Waals surface area contributed by atoms with Gasteiger partial charge in [0.1, 0.15) is 5.76 Å². The van der Waals surface area contributed by atoms with E-state index in [9.17, 15) is 9.59 Å². The Morgan fingerprint density at radius 1 is 1.16 bits per heavy atom. The van der Waals surface area contributed by atoms with Crippen molar-refractivity contribution in [1.29, 1.82) is 0 Å². The first-order valence-corrected chi connectivity index (χ1v) is 8.46. The minimum absolute atomic E-state index is 0.211. The van der Waals surface area contributed by atoms with E-state index in [2.05, 4.69) is 26.6 Å². The lowest BCUT2D eigenvalue weighted by Crippen LogP contribution is -2.43. The maximum atomic E-state index is 11.9. The van der Waals surface area contributed by atoms with E-state index in [4.69, 9.17) is 4.42 Å². The maximum absolute atomic E-state index is 11.9. The molecule has 0 bridgehead atoms. The van der Waals surface area contributed by atoms with Crippen LogP contribution in [-0.4, -0.2) is 36.4 Å². The number of anilines is 1. The van der Waals surface area contributed by atoms with Crippen molar-refractivity contribution in [2.75, 3.05) is 24.5 Å². The minimum Gasteiger partial charge on any atom is -0.467 e. The largest absolute Gasteiger partial charge is 0.467 e. The Balaban J connectivity index is 1.36. The second kappa shape index (κ2) is 8.32. The molecule has 0 unspecified atom stereocenters. The van der Waals surface area contributed by atoms with Gasteiger partial charge in [0.15, 0.2) is 0 Å². The Hall–Kier alpha value is -2.83. The minimum atomic E-state index is -0.635. The van der Waals surface area contributed by atoms with Gasteiger partial charge in [0.05, 0.1) is 24.7 Å². The Labute approximate surface area is 146 Å². The fourth-order valence-corrected chi connectivity index (χ4v) is 2.91. The molecule has 1 saturated heterocycles. The van der Waals surface area contributed by atoms with Gasteiger partial charge in [-0.1, -0.05) is 0 Å². The predicted octanol–water partition coefficient (Wildman–Crippen LogP) is 1.32. The van der Waals surface area contributed by atoms with Crippen molar-refractivity contribution in [1.82, 2.24) is 15.6 Å². The zero-order valence-corrected chi connectivity index (χ0v) is 14.0. The van der Waals surface area contributed by atoms with Crippen molar-refractivity contribution >= 4 is 17.5 Å². The summed E-state index contributed by atoms with van der Waals surface area (Å²) in [7, 11) is 0. The van der Waals surface area contributed by atoms with Crippen molar-refractivity contribution in [2.24, 2.45) is 5.92 Å². The number of nitrogens with zero attached hydrogens (tertiary/aromatic N) is 2. The van der Waals surface area contributed by atoms with Gasteiger partial charge in [0.2, 0.25) is 0 Å². The van der Waals surface area contributed by atoms with E-state index >= 15 is 0 Å². The van der Waals surface area contributed by atoms with Gasteiger partial charge in [-0.15, -0.1) is 0 Å². The molecular weight excluding hydrogens is 320 g/mol. The summed E-state index contributed by atoms with van der Waals surface area (Å²) >= 11 is 0. The highest BCUT2D eigenvalue weighted by Crippen LogP contribution is 2.21. The van der Waals surface area contributed by atoms with E-state index in [0.29, 0.717) is 18.2 Å². The molecule has 2 N–H and O–H groups in total. The van der Waals surface area contributed by atoms with E-state index in [1.807, 2.05) is 12.3 Å². The highest BCUT2D eigenvalue weighted by molar-refractivity contribution is 6.35. The van der Waals surface area contributed by atoms with Crippen LogP contribution < -0.4 is 15.5 Å². The number of carbonyl (C=O) groups is 2. The first-order valence-electron chi connectivity index (χ1n) is 8.46. The van der Waals surface area contributed by atoms with Gasteiger partial charge in [0, 0.05) is 25.8 Å². The third kappa shape index (κ3) is 4.82. The van der Waals surface area contributed by atoms with Crippen LogP contribution in [0, 0.1) is 5.92 Å². The highest BCUT2D eigenvalue weighted by atomic mass is 16.3. The summed E-state index contributed by atoms with van der Waals surface area (Å²) in [6.07, 6.45) is 7.11. The Morgan fingerprint density at radius 2 is 1.96 bits per heavy atom. The summed E-state index contributed by atoms with van der Waals surface area (Å²) in [5, 5.41) is 5.27. The van der Waals surface area contributed by atoms with Crippen molar-refractivity contribution in [3.63, 3.8) is 0 Å². The van der Waals surface area contributed by atoms with Crippen LogP contribution in [0.2, 0.25) is 0 Å². The van der Waals surface area contributed by atoms with Gasteiger partial charge in [-0.05, 0) is 43.0 Å². The number of furan rings is 1. The number of amides is 2. The smallest absolute Gasteiger partial charge is 0.309 e. The van der Waals surface area contributed by atoms with Crippen LogP contribution in [0.25, 0.3) is 0 Å². The van der Waals surface area contributed by atoms with Crippen molar-refractivity contribution in [3.05, 3.63) is 48.7 Å². The lowest BCUT2D eigenvalue weighted by Gasteiger charge is -2.33. The summed E-state index contributed by atoms with van der Waals surface area (Å²) in [6, 6.07) is 7.47. The SMILES string of the molecule is O=C(NCc1ccco1)C(=O)NCC1CCN(c2cccnc2)CC1. The number of pyridine rings is 1. The van der Waals surface area contributed by atoms with Crippen LogP contribution in [-0.2, 0) is 16.1 Å². The van der Waals surface area contributed by atoms with Crippen LogP contribution in [0.1, 0.15) is 18.6 Å². The van der Waals surface area contributed by atoms with Crippen LogP contribution >= 0.6 is 0 Å². The summed E-state index contributed by atoms with van der Waals surface area (Å²) in [5.41, 5.74) is 1.13. The van der Waals surface area contributed by atoms with Crippen molar-refractivity contribution in [3.8, 4) is 0 Å². The summed E-state index contributed by atoms with van der Waals surface area (Å²) in [6.45, 7) is 2.59. The molecule has 3 rings (SSSR count). The van der Waals surface area contributed by atoms with Gasteiger partial charge in [-0.25, -0.2) is 0 Å². The summed E-state index contributed by atoms with van der Waals surface area (Å²) in [5.74, 6) is -0.232. The molecule has 7 nitrogen and oxygen atoms in total. The van der Waals surface area contributed by atoms with Gasteiger partial charge in [-0.3, -0.25) is 14.6 Å². The summed E-state index contributed by atoms with van der Waals surface area (Å²) < 4.78 is 5.11. The number of aromatic nitrogens is 1. The van der Waals surface area contributed by atoms with Crippen LogP contribution in [0.3, 0.4) is 0 Å². The molecule has 2 aromatic heterocycles. The average molecular weight is 342 g/mol. The topological polar surface area (TPSA) is 87.5 Å². The first kappa shape index (κ1) is 17.0. The molecule has 1 aliphatic heterocycles. The summed E-state index contributed by atoms with van der Waals surface area (Å²) in [4.78, 5) is 30.1. The van der Waals surface area contributed by atoms with Gasteiger partial charge in [-0.2, -0.15) is 0 Å². The number of hydrogen-bond donors (Lipinski definition) is 2. The quantitative estimate of drug-likeness (QED) is 0.800. The molecule has 1 fully saturated rings. The van der Waals surface area contributed by atoms with E-state index in [0.717, 1.165) is 31.6 Å². The Bertz CT molecular complexity index is 680. The van der Waals surface area contributed by atoms with Gasteiger partial charge >= 0.3 is 11.8 Å². The Morgan fingerprint density at radius 3 is 2.64 bits per heavy atom. The monoisotopic (exact) mass is 342 g/mol. The lowest BCUT2D eigenvalue weighted by molar-refractivity contribution is -0.139. The van der Waals surface area contributed by atoms with Crippen molar-refractivity contribution in [2.45, 2.75) is 19.4 Å². The van der Waals surface area contributed by atoms with Gasteiger partial charge < -0.3 is 20.0 Å². The second-order valence-corrected chi connectivity index (χ2v) is 6.11. The zero-order valence-electron chi connectivity index (χ0n) is 14.0. The fraction of sp³-hybridized carbons (Fsp3) is 0.389. The number of piperidine rings is 1. The molecule has 2 aromatic rings. The maximum Gasteiger partial charge on any atom is 0.309 e. The molecule has 7 heteroatoms. The number of rotatable bonds is 5. The van der Waals surface area contributed by atoms with E-state index in [-0.39, 0.29) is 6.54 Å². The zero-order chi connectivity index (χ0) is 17.5. The van der Waals surface area contributed by atoms with Crippen molar-refractivity contribution < 1.29 is 14.0 Å². The fourth-order valence-electron chi connectivity index (χ4n) is 2.91. The highest BCUT2D eigenvalue weighted by Gasteiger charge is 2.21. The number of nitrogens with one attached hydrogen (secondary N) is 2. The molecule has 0 saturated carbocycles. The average Bonchev–Trinajstić information content (AvgIpc) is 3.19. The predicted molar refractivity (Wildman–Crippen MR) is 92.7 cm³/mol. The van der Waals surface area contributed by atoms with E-state index < -0.39 is 11.8 Å². The standard InChI is InChI=1S/C18H22N4O3/c23-17(18(24)21-13-16-4-2-10-25-16)20-11-14-5-8-22(9-6-14)15-3-1-7-19-12-15/h1-4,7,10,12,14H,5-6,8-9,11,13H2,(H,20,23)(H,21,24). The molecule has 0 radical (unpaired) electrons.